The lowest BCUT2D eigenvalue weighted by molar-refractivity contribution is 0.502. The lowest BCUT2D eigenvalue weighted by Crippen LogP contribution is -2.28. The van der Waals surface area contributed by atoms with Crippen LogP contribution >= 0.6 is 0 Å². The number of nitrogen functional groups attached to an aromatic ring is 1. The smallest absolute Gasteiger partial charge is 0.126 e. The average molecular weight is 209 g/mol. The molecule has 0 aliphatic carbocycles. The van der Waals surface area contributed by atoms with Crippen LogP contribution in [0.1, 0.15) is 30.9 Å². The Morgan fingerprint density at radius 1 is 1.73 bits per heavy atom. The zero-order valence-electron chi connectivity index (χ0n) is 9.11. The molecule has 0 aromatic carbocycles. The Labute approximate surface area is 90.1 Å². The number of allylic oxidation sites excluding steroid dienone is 1. The van der Waals surface area contributed by atoms with Crippen molar-refractivity contribution in [2.45, 2.75) is 25.3 Å². The number of rotatable bonds is 6. The van der Waals surface area contributed by atoms with E-state index < -0.39 is 0 Å². The predicted octanol–water partition coefficient (Wildman–Crippen LogP) is 0.863. The molecule has 1 unspecified atom stereocenters. The maximum absolute atomic E-state index is 5.87. The molecule has 1 heterocycles. The maximum Gasteiger partial charge on any atom is 0.126 e. The number of nitrogens with two attached hydrogens (primary N) is 2. The van der Waals surface area contributed by atoms with Crippen LogP contribution in [0.2, 0.25) is 0 Å². The summed E-state index contributed by atoms with van der Waals surface area (Å²) in [6, 6.07) is 0.0682. The molecule has 84 valence electrons. The fourth-order valence-corrected chi connectivity index (χ4v) is 1.53. The van der Waals surface area contributed by atoms with Gasteiger partial charge in [-0.2, -0.15) is 5.10 Å². The molecule has 5 nitrogen and oxygen atoms in total. The topological polar surface area (TPSA) is 81.9 Å². The van der Waals surface area contributed by atoms with Crippen LogP contribution in [0.25, 0.3) is 0 Å². The highest BCUT2D eigenvalue weighted by Gasteiger charge is 2.15. The molecule has 1 rings (SSSR count). The highest BCUT2D eigenvalue weighted by Crippen LogP contribution is 2.23. The summed E-state index contributed by atoms with van der Waals surface area (Å²) in [5.74, 6) is 6.16. The van der Waals surface area contributed by atoms with Crippen LogP contribution < -0.4 is 17.0 Å². The van der Waals surface area contributed by atoms with Gasteiger partial charge in [0, 0.05) is 12.6 Å². The standard InChI is InChI=1S/C10H19N5/c1-3-4-5-6-9(14-12)8-7-13-15(2)10(8)11/h3,7,9,14H,1,4-6,11-12H2,2H3. The third-order valence-electron chi connectivity index (χ3n) is 2.49. The summed E-state index contributed by atoms with van der Waals surface area (Å²) in [4.78, 5) is 0. The largest absolute Gasteiger partial charge is 0.384 e. The first-order chi connectivity index (χ1) is 7.20. The third-order valence-corrected chi connectivity index (χ3v) is 2.49. The van der Waals surface area contributed by atoms with E-state index in [0.29, 0.717) is 5.82 Å². The number of aromatic nitrogens is 2. The van der Waals surface area contributed by atoms with E-state index in [2.05, 4.69) is 17.1 Å². The van der Waals surface area contributed by atoms with E-state index >= 15 is 0 Å². The van der Waals surface area contributed by atoms with Crippen LogP contribution in [0, 0.1) is 0 Å². The number of hydrazine groups is 1. The van der Waals surface area contributed by atoms with Gasteiger partial charge in [-0.25, -0.2) is 0 Å². The number of aryl methyl sites for hydroxylation is 1. The maximum atomic E-state index is 5.87. The first kappa shape index (κ1) is 11.7. The van der Waals surface area contributed by atoms with Crippen LogP contribution in [0.5, 0.6) is 0 Å². The Bertz CT molecular complexity index is 318. The van der Waals surface area contributed by atoms with Gasteiger partial charge in [0.25, 0.3) is 0 Å². The summed E-state index contributed by atoms with van der Waals surface area (Å²) in [7, 11) is 1.82. The van der Waals surface area contributed by atoms with Crippen molar-refractivity contribution >= 4 is 5.82 Å². The van der Waals surface area contributed by atoms with Gasteiger partial charge in [-0.15, -0.1) is 6.58 Å². The van der Waals surface area contributed by atoms with Gasteiger partial charge in [0.2, 0.25) is 0 Å². The van der Waals surface area contributed by atoms with E-state index in [9.17, 15) is 0 Å². The number of hydrogen-bond donors (Lipinski definition) is 3. The molecule has 1 aromatic heterocycles. The van der Waals surface area contributed by atoms with E-state index in [0.717, 1.165) is 24.8 Å². The second kappa shape index (κ2) is 5.53. The quantitative estimate of drug-likeness (QED) is 0.281. The highest BCUT2D eigenvalue weighted by atomic mass is 15.3. The van der Waals surface area contributed by atoms with Crippen molar-refractivity contribution in [3.05, 3.63) is 24.4 Å². The Morgan fingerprint density at radius 2 is 2.47 bits per heavy atom. The molecule has 1 aromatic rings. The van der Waals surface area contributed by atoms with Crippen LogP contribution in [0.15, 0.2) is 18.9 Å². The van der Waals surface area contributed by atoms with E-state index in [1.807, 2.05) is 13.1 Å². The van der Waals surface area contributed by atoms with E-state index in [-0.39, 0.29) is 6.04 Å². The molecule has 0 radical (unpaired) electrons. The van der Waals surface area contributed by atoms with Gasteiger partial charge in [0.05, 0.1) is 12.2 Å². The zero-order valence-corrected chi connectivity index (χ0v) is 9.11. The summed E-state index contributed by atoms with van der Waals surface area (Å²) >= 11 is 0. The SMILES string of the molecule is C=CCCCC(NN)c1cnn(C)c1N. The second-order valence-electron chi connectivity index (χ2n) is 3.55. The second-order valence-corrected chi connectivity index (χ2v) is 3.55. The minimum Gasteiger partial charge on any atom is -0.384 e. The minimum atomic E-state index is 0.0682. The van der Waals surface area contributed by atoms with E-state index in [1.54, 1.807) is 10.9 Å². The fourth-order valence-electron chi connectivity index (χ4n) is 1.53. The molecule has 5 heteroatoms. The summed E-state index contributed by atoms with van der Waals surface area (Å²) in [6.07, 6.45) is 6.61. The van der Waals surface area contributed by atoms with Gasteiger partial charge in [-0.1, -0.05) is 6.08 Å². The van der Waals surface area contributed by atoms with Gasteiger partial charge < -0.3 is 5.73 Å². The van der Waals surface area contributed by atoms with Gasteiger partial charge in [0.15, 0.2) is 0 Å². The van der Waals surface area contributed by atoms with Gasteiger partial charge >= 0.3 is 0 Å². The van der Waals surface area contributed by atoms with Crippen LogP contribution in [0.4, 0.5) is 5.82 Å². The lowest BCUT2D eigenvalue weighted by Gasteiger charge is -2.14. The summed E-state index contributed by atoms with van der Waals surface area (Å²) in [5.41, 5.74) is 9.59. The molecule has 0 saturated carbocycles. The summed E-state index contributed by atoms with van der Waals surface area (Å²) in [5, 5.41) is 4.09. The molecule has 0 aliphatic rings. The molecule has 5 N–H and O–H groups in total. The van der Waals surface area contributed by atoms with Crippen molar-refractivity contribution in [2.24, 2.45) is 12.9 Å². The van der Waals surface area contributed by atoms with Crippen molar-refractivity contribution in [2.75, 3.05) is 5.73 Å². The fraction of sp³-hybridized carbons (Fsp3) is 0.500. The Balaban J connectivity index is 2.65. The van der Waals surface area contributed by atoms with Crippen LogP contribution in [0.3, 0.4) is 0 Å². The Hall–Kier alpha value is -1.33. The Kier molecular flexibility index (Phi) is 4.33. The van der Waals surface area contributed by atoms with Crippen molar-refractivity contribution in [3.8, 4) is 0 Å². The predicted molar refractivity (Wildman–Crippen MR) is 61.7 cm³/mol. The molecular formula is C10H19N5. The monoisotopic (exact) mass is 209 g/mol. The molecule has 0 amide bonds. The average Bonchev–Trinajstić information content (AvgIpc) is 2.56. The molecule has 0 saturated heterocycles. The first-order valence-corrected chi connectivity index (χ1v) is 5.05. The first-order valence-electron chi connectivity index (χ1n) is 5.05. The lowest BCUT2D eigenvalue weighted by atomic mass is 10.0. The number of hydrogen-bond acceptors (Lipinski definition) is 4. The molecule has 0 spiro atoms. The van der Waals surface area contributed by atoms with Gasteiger partial charge in [-0.05, 0) is 19.3 Å². The van der Waals surface area contributed by atoms with Crippen molar-refractivity contribution in [1.82, 2.24) is 15.2 Å². The molecule has 15 heavy (non-hydrogen) atoms. The Morgan fingerprint density at radius 3 is 2.93 bits per heavy atom. The van der Waals surface area contributed by atoms with E-state index in [1.165, 1.54) is 0 Å². The van der Waals surface area contributed by atoms with Crippen molar-refractivity contribution in [1.29, 1.82) is 0 Å². The van der Waals surface area contributed by atoms with Crippen LogP contribution in [-0.2, 0) is 7.05 Å². The van der Waals surface area contributed by atoms with Gasteiger partial charge in [0.1, 0.15) is 5.82 Å². The number of nitrogens with one attached hydrogen (secondary N) is 1. The summed E-state index contributed by atoms with van der Waals surface area (Å²) < 4.78 is 1.65. The van der Waals surface area contributed by atoms with Gasteiger partial charge in [-0.3, -0.25) is 16.0 Å². The number of nitrogens with zero attached hydrogens (tertiary/aromatic N) is 2. The molecule has 1 atom stereocenters. The van der Waals surface area contributed by atoms with Crippen LogP contribution in [-0.4, -0.2) is 9.78 Å². The number of unbranched alkanes of at least 4 members (excludes halogenated alkanes) is 1. The molecular weight excluding hydrogens is 190 g/mol. The molecule has 0 aliphatic heterocycles. The normalized spacial score (nSPS) is 12.7. The van der Waals surface area contributed by atoms with E-state index in [4.69, 9.17) is 11.6 Å². The summed E-state index contributed by atoms with van der Waals surface area (Å²) in [6.45, 7) is 3.68. The third kappa shape index (κ3) is 2.81. The molecule has 0 fully saturated rings. The highest BCUT2D eigenvalue weighted by molar-refractivity contribution is 5.40. The minimum absolute atomic E-state index is 0.0682. The zero-order chi connectivity index (χ0) is 11.3. The molecule has 0 bridgehead atoms. The van der Waals surface area contributed by atoms with Crippen molar-refractivity contribution in [3.63, 3.8) is 0 Å². The van der Waals surface area contributed by atoms with Crippen molar-refractivity contribution < 1.29 is 0 Å². The number of anilines is 1.